The van der Waals surface area contributed by atoms with E-state index in [-0.39, 0.29) is 0 Å². The molecule has 0 radical (unpaired) electrons. The summed E-state index contributed by atoms with van der Waals surface area (Å²) in [7, 11) is 4.49. The molecule has 0 aromatic carbocycles. The van der Waals surface area contributed by atoms with Crippen LogP contribution in [-0.2, 0) is 0 Å². The van der Waals surface area contributed by atoms with Crippen LogP contribution in [0.5, 0.6) is 0 Å². The second kappa shape index (κ2) is 8.06. The van der Waals surface area contributed by atoms with Crippen molar-refractivity contribution in [2.45, 2.75) is 32.6 Å². The highest BCUT2D eigenvalue weighted by Gasteiger charge is 2.17. The summed E-state index contributed by atoms with van der Waals surface area (Å²) in [6.07, 6.45) is 5.35. The van der Waals surface area contributed by atoms with Crippen LogP contribution in [0.25, 0.3) is 0 Å². The van der Waals surface area contributed by atoms with Gasteiger partial charge in [0.1, 0.15) is 0 Å². The predicted molar refractivity (Wildman–Crippen MR) is 75.2 cm³/mol. The molecule has 0 aromatic heterocycles. The summed E-state index contributed by atoms with van der Waals surface area (Å²) >= 11 is 0. The first kappa shape index (κ1) is 14.9. The van der Waals surface area contributed by atoms with E-state index in [9.17, 15) is 0 Å². The van der Waals surface area contributed by atoms with Gasteiger partial charge in [-0.05, 0) is 64.8 Å². The highest BCUT2D eigenvalue weighted by atomic mass is 15.1. The molecule has 2 atom stereocenters. The summed E-state index contributed by atoms with van der Waals surface area (Å²) < 4.78 is 0. The van der Waals surface area contributed by atoms with Crippen LogP contribution in [0.4, 0.5) is 0 Å². The zero-order valence-corrected chi connectivity index (χ0v) is 12.0. The fourth-order valence-electron chi connectivity index (χ4n) is 2.81. The van der Waals surface area contributed by atoms with Crippen molar-refractivity contribution in [2.24, 2.45) is 17.6 Å². The lowest BCUT2D eigenvalue weighted by atomic mass is 9.95. The van der Waals surface area contributed by atoms with Crippen LogP contribution in [0.15, 0.2) is 0 Å². The Hall–Kier alpha value is -0.120. The van der Waals surface area contributed by atoms with Gasteiger partial charge in [0.05, 0.1) is 0 Å². The number of hydrogen-bond acceptors (Lipinski definition) is 3. The van der Waals surface area contributed by atoms with E-state index in [1.807, 2.05) is 0 Å². The number of rotatable bonds is 7. The maximum Gasteiger partial charge on any atom is 0.00186 e. The Morgan fingerprint density at radius 1 is 1.47 bits per heavy atom. The first-order valence-corrected chi connectivity index (χ1v) is 7.22. The average Bonchev–Trinajstić information content (AvgIpc) is 2.33. The fourth-order valence-corrected chi connectivity index (χ4v) is 2.81. The van der Waals surface area contributed by atoms with Gasteiger partial charge in [-0.15, -0.1) is 0 Å². The first-order chi connectivity index (χ1) is 8.15. The van der Waals surface area contributed by atoms with E-state index in [0.717, 1.165) is 19.0 Å². The monoisotopic (exact) mass is 241 g/mol. The number of hydrogen-bond donors (Lipinski definition) is 1. The van der Waals surface area contributed by atoms with Gasteiger partial charge in [-0.2, -0.15) is 0 Å². The summed E-state index contributed by atoms with van der Waals surface area (Å²) in [5.74, 6) is 1.59. The molecule has 1 saturated heterocycles. The predicted octanol–water partition coefficient (Wildman–Crippen LogP) is 1.64. The third-order valence-electron chi connectivity index (χ3n) is 4.12. The Morgan fingerprint density at radius 2 is 2.24 bits per heavy atom. The Balaban J connectivity index is 2.16. The topological polar surface area (TPSA) is 32.5 Å². The molecule has 3 nitrogen and oxygen atoms in total. The summed E-state index contributed by atoms with van der Waals surface area (Å²) in [5, 5.41) is 0. The Kier molecular flexibility index (Phi) is 7.09. The van der Waals surface area contributed by atoms with Crippen molar-refractivity contribution < 1.29 is 0 Å². The van der Waals surface area contributed by atoms with Gasteiger partial charge in [0.15, 0.2) is 0 Å². The maximum absolute atomic E-state index is 5.76. The van der Waals surface area contributed by atoms with Gasteiger partial charge in [0, 0.05) is 13.1 Å². The number of nitrogens with two attached hydrogens (primary N) is 1. The molecule has 1 heterocycles. The van der Waals surface area contributed by atoms with Crippen LogP contribution in [0.2, 0.25) is 0 Å². The van der Waals surface area contributed by atoms with Gasteiger partial charge < -0.3 is 15.5 Å². The summed E-state index contributed by atoms with van der Waals surface area (Å²) in [5.41, 5.74) is 5.76. The van der Waals surface area contributed by atoms with E-state index in [4.69, 9.17) is 5.73 Å². The van der Waals surface area contributed by atoms with Gasteiger partial charge in [-0.1, -0.05) is 13.3 Å². The second-order valence-electron chi connectivity index (χ2n) is 5.83. The minimum Gasteiger partial charge on any atom is -0.330 e. The van der Waals surface area contributed by atoms with Gasteiger partial charge in [-0.25, -0.2) is 0 Å². The lowest BCUT2D eigenvalue weighted by Gasteiger charge is -2.31. The SMILES string of the molecule is CCC(CN)CN(C)CCC1CCCN(C)C1. The second-order valence-corrected chi connectivity index (χ2v) is 5.83. The number of nitrogens with zero attached hydrogens (tertiary/aromatic N) is 2. The first-order valence-electron chi connectivity index (χ1n) is 7.22. The number of likely N-dealkylation sites (tertiary alicyclic amines) is 1. The van der Waals surface area contributed by atoms with Gasteiger partial charge in [-0.3, -0.25) is 0 Å². The molecule has 1 fully saturated rings. The van der Waals surface area contributed by atoms with Gasteiger partial charge in [0.2, 0.25) is 0 Å². The lowest BCUT2D eigenvalue weighted by molar-refractivity contribution is 0.180. The summed E-state index contributed by atoms with van der Waals surface area (Å²) in [4.78, 5) is 4.94. The van der Waals surface area contributed by atoms with E-state index in [2.05, 4.69) is 30.8 Å². The molecule has 0 aromatic rings. The van der Waals surface area contributed by atoms with E-state index in [1.54, 1.807) is 0 Å². The minimum atomic E-state index is 0.675. The lowest BCUT2D eigenvalue weighted by Crippen LogP contribution is -2.35. The Bertz CT molecular complexity index is 192. The molecule has 0 bridgehead atoms. The minimum absolute atomic E-state index is 0.675. The van der Waals surface area contributed by atoms with Crippen molar-refractivity contribution in [3.05, 3.63) is 0 Å². The van der Waals surface area contributed by atoms with Crippen molar-refractivity contribution in [2.75, 3.05) is 46.8 Å². The van der Waals surface area contributed by atoms with E-state index < -0.39 is 0 Å². The van der Waals surface area contributed by atoms with Crippen LogP contribution in [0.1, 0.15) is 32.6 Å². The number of piperidine rings is 1. The van der Waals surface area contributed by atoms with E-state index in [1.165, 1.54) is 45.3 Å². The smallest absolute Gasteiger partial charge is 0.00186 e. The fraction of sp³-hybridized carbons (Fsp3) is 1.00. The molecule has 3 heteroatoms. The van der Waals surface area contributed by atoms with Crippen molar-refractivity contribution in [1.82, 2.24) is 9.80 Å². The summed E-state index contributed by atoms with van der Waals surface area (Å²) in [6.45, 7) is 8.04. The van der Waals surface area contributed by atoms with Crippen LogP contribution >= 0.6 is 0 Å². The molecule has 1 rings (SSSR count). The Labute approximate surface area is 107 Å². The third-order valence-corrected chi connectivity index (χ3v) is 4.12. The molecular weight excluding hydrogens is 210 g/mol. The normalized spacial score (nSPS) is 24.2. The van der Waals surface area contributed by atoms with Crippen LogP contribution in [0, 0.1) is 11.8 Å². The molecule has 1 aliphatic heterocycles. The van der Waals surface area contributed by atoms with Crippen LogP contribution < -0.4 is 5.73 Å². The Morgan fingerprint density at radius 3 is 2.82 bits per heavy atom. The molecule has 102 valence electrons. The molecule has 0 aliphatic carbocycles. The van der Waals surface area contributed by atoms with E-state index in [0.29, 0.717) is 5.92 Å². The quantitative estimate of drug-likeness (QED) is 0.735. The zero-order valence-electron chi connectivity index (χ0n) is 12.0. The molecule has 2 unspecified atom stereocenters. The van der Waals surface area contributed by atoms with Crippen LogP contribution in [0.3, 0.4) is 0 Å². The summed E-state index contributed by atoms with van der Waals surface area (Å²) in [6, 6.07) is 0. The van der Waals surface area contributed by atoms with Gasteiger partial charge >= 0.3 is 0 Å². The molecular formula is C14H31N3. The largest absolute Gasteiger partial charge is 0.330 e. The molecule has 1 aliphatic rings. The molecule has 0 amide bonds. The molecule has 17 heavy (non-hydrogen) atoms. The molecule has 0 saturated carbocycles. The van der Waals surface area contributed by atoms with Gasteiger partial charge in [0.25, 0.3) is 0 Å². The maximum atomic E-state index is 5.76. The van der Waals surface area contributed by atoms with Crippen LogP contribution in [-0.4, -0.2) is 56.6 Å². The highest BCUT2D eigenvalue weighted by molar-refractivity contribution is 4.72. The molecule has 2 N–H and O–H groups in total. The average molecular weight is 241 g/mol. The van der Waals surface area contributed by atoms with Crippen molar-refractivity contribution >= 4 is 0 Å². The third kappa shape index (κ3) is 5.84. The van der Waals surface area contributed by atoms with Crippen molar-refractivity contribution in [3.63, 3.8) is 0 Å². The van der Waals surface area contributed by atoms with E-state index >= 15 is 0 Å². The zero-order chi connectivity index (χ0) is 12.7. The standard InChI is InChI=1S/C14H31N3/c1-4-13(10-15)11-17(3)9-7-14-6-5-8-16(2)12-14/h13-14H,4-12,15H2,1-3H3. The highest BCUT2D eigenvalue weighted by Crippen LogP contribution is 2.18. The molecule has 0 spiro atoms. The van der Waals surface area contributed by atoms with Crippen molar-refractivity contribution in [3.8, 4) is 0 Å². The van der Waals surface area contributed by atoms with Crippen molar-refractivity contribution in [1.29, 1.82) is 0 Å².